The van der Waals surface area contributed by atoms with E-state index in [0.717, 1.165) is 11.1 Å². The number of hydrogen-bond acceptors (Lipinski definition) is 7. The Morgan fingerprint density at radius 2 is 1.89 bits per heavy atom. The van der Waals surface area contributed by atoms with Gasteiger partial charge in [-0.25, -0.2) is 13.4 Å². The minimum Gasteiger partial charge on any atom is -0.496 e. The van der Waals surface area contributed by atoms with E-state index >= 15 is 0 Å². The lowest BCUT2D eigenvalue weighted by atomic mass is 10.0. The number of pyridine rings is 2. The van der Waals surface area contributed by atoms with Crippen molar-refractivity contribution in [2.75, 3.05) is 33.4 Å². The van der Waals surface area contributed by atoms with E-state index < -0.39 is 9.84 Å². The molecule has 10 heteroatoms. The fraction of sp³-hybridized carbons (Fsp3) is 0.240. The number of ether oxygens (including phenoxy) is 2. The molecule has 4 heterocycles. The van der Waals surface area contributed by atoms with E-state index in [2.05, 4.69) is 9.97 Å². The van der Waals surface area contributed by atoms with Crippen LogP contribution in [0.2, 0.25) is 0 Å². The minimum absolute atomic E-state index is 0.101. The number of carbonyl (C=O) groups is 1. The molecule has 1 aromatic carbocycles. The van der Waals surface area contributed by atoms with Crippen LogP contribution in [0.25, 0.3) is 16.8 Å². The number of sulfone groups is 1. The lowest BCUT2D eigenvalue weighted by molar-refractivity contribution is 0.0298. The van der Waals surface area contributed by atoms with Crippen LogP contribution in [0.4, 0.5) is 0 Å². The van der Waals surface area contributed by atoms with Crippen molar-refractivity contribution in [1.29, 1.82) is 0 Å². The Bertz CT molecular complexity index is 1480. The summed E-state index contributed by atoms with van der Waals surface area (Å²) in [5, 5.41) is 0. The summed E-state index contributed by atoms with van der Waals surface area (Å²) in [4.78, 5) is 23.3. The summed E-state index contributed by atoms with van der Waals surface area (Å²) in [7, 11) is -2.11. The third kappa shape index (κ3) is 4.62. The lowest BCUT2D eigenvalue weighted by Gasteiger charge is -2.26. The first-order valence-corrected chi connectivity index (χ1v) is 12.8. The predicted octanol–water partition coefficient (Wildman–Crippen LogP) is 2.85. The number of amides is 1. The van der Waals surface area contributed by atoms with Gasteiger partial charge in [0.1, 0.15) is 17.1 Å². The number of rotatable bonds is 6. The molecule has 4 aromatic rings. The first kappa shape index (κ1) is 23.0. The number of nitrogens with zero attached hydrogens (tertiary/aromatic N) is 4. The SMILES string of the molecule is COc1ccc(-c2ccc3ncc(C(=O)N4CCOCC4)n3c2)cc1CS(=O)(=O)c1cccnc1. The van der Waals surface area contributed by atoms with E-state index in [1.165, 1.54) is 25.6 Å². The Labute approximate surface area is 202 Å². The van der Waals surface area contributed by atoms with Gasteiger partial charge in [0, 0.05) is 37.2 Å². The molecule has 1 aliphatic heterocycles. The zero-order chi connectivity index (χ0) is 24.4. The molecule has 0 spiro atoms. The van der Waals surface area contributed by atoms with Gasteiger partial charge in [0.25, 0.3) is 5.91 Å². The van der Waals surface area contributed by atoms with Gasteiger partial charge in [0.2, 0.25) is 0 Å². The summed E-state index contributed by atoms with van der Waals surface area (Å²) < 4.78 is 38.5. The molecule has 0 aliphatic carbocycles. The molecular weight excluding hydrogens is 468 g/mol. The van der Waals surface area contributed by atoms with E-state index in [1.54, 1.807) is 33.7 Å². The highest BCUT2D eigenvalue weighted by molar-refractivity contribution is 7.90. The highest BCUT2D eigenvalue weighted by Crippen LogP contribution is 2.30. The number of carbonyl (C=O) groups excluding carboxylic acids is 1. The molecule has 0 radical (unpaired) electrons. The number of imidazole rings is 1. The van der Waals surface area contributed by atoms with Gasteiger partial charge in [-0.3, -0.25) is 14.2 Å². The van der Waals surface area contributed by atoms with E-state index in [-0.39, 0.29) is 16.6 Å². The molecule has 9 nitrogen and oxygen atoms in total. The van der Waals surface area contributed by atoms with Crippen LogP contribution in [-0.4, -0.2) is 67.0 Å². The molecule has 180 valence electrons. The highest BCUT2D eigenvalue weighted by Gasteiger charge is 2.22. The Hall–Kier alpha value is -3.76. The molecule has 1 aliphatic rings. The maximum atomic E-state index is 13.1. The highest BCUT2D eigenvalue weighted by atomic mass is 32.2. The first-order valence-electron chi connectivity index (χ1n) is 11.1. The van der Waals surface area contributed by atoms with Crippen LogP contribution in [0.1, 0.15) is 16.1 Å². The summed E-state index contributed by atoms with van der Waals surface area (Å²) in [6, 6.07) is 12.3. The van der Waals surface area contributed by atoms with Crippen LogP contribution < -0.4 is 4.74 Å². The van der Waals surface area contributed by atoms with Gasteiger partial charge in [-0.15, -0.1) is 0 Å². The second kappa shape index (κ2) is 9.47. The van der Waals surface area contributed by atoms with Crippen molar-refractivity contribution in [2.45, 2.75) is 10.6 Å². The molecular formula is C25H24N4O5S. The maximum absolute atomic E-state index is 13.1. The van der Waals surface area contributed by atoms with Crippen molar-refractivity contribution in [3.8, 4) is 16.9 Å². The second-order valence-corrected chi connectivity index (χ2v) is 10.2. The molecule has 0 bridgehead atoms. The summed E-state index contributed by atoms with van der Waals surface area (Å²) in [5.41, 5.74) is 3.26. The monoisotopic (exact) mass is 492 g/mol. The summed E-state index contributed by atoms with van der Waals surface area (Å²) in [6.45, 7) is 2.12. The van der Waals surface area contributed by atoms with Gasteiger partial charge in [0.15, 0.2) is 9.84 Å². The molecule has 35 heavy (non-hydrogen) atoms. The van der Waals surface area contributed by atoms with Crippen LogP contribution >= 0.6 is 0 Å². The summed E-state index contributed by atoms with van der Waals surface area (Å²) >= 11 is 0. The van der Waals surface area contributed by atoms with Crippen molar-refractivity contribution in [2.24, 2.45) is 0 Å². The number of benzene rings is 1. The molecule has 0 atom stereocenters. The molecule has 0 N–H and O–H groups in total. The van der Waals surface area contributed by atoms with Crippen molar-refractivity contribution in [1.82, 2.24) is 19.3 Å². The van der Waals surface area contributed by atoms with E-state index in [1.807, 2.05) is 24.4 Å². The smallest absolute Gasteiger partial charge is 0.272 e. The molecule has 0 saturated carbocycles. The molecule has 5 rings (SSSR count). The number of morpholine rings is 1. The topological polar surface area (TPSA) is 103 Å². The summed E-state index contributed by atoms with van der Waals surface area (Å²) in [6.07, 6.45) is 6.30. The van der Waals surface area contributed by atoms with Crippen LogP contribution in [0.15, 0.2) is 72.1 Å². The van der Waals surface area contributed by atoms with E-state index in [4.69, 9.17) is 9.47 Å². The van der Waals surface area contributed by atoms with Gasteiger partial charge < -0.3 is 14.4 Å². The van der Waals surface area contributed by atoms with Crippen LogP contribution in [0.3, 0.4) is 0 Å². The number of hydrogen-bond donors (Lipinski definition) is 0. The zero-order valence-electron chi connectivity index (χ0n) is 19.1. The number of fused-ring (bicyclic) bond motifs is 1. The van der Waals surface area contributed by atoms with Crippen molar-refractivity contribution >= 4 is 21.4 Å². The molecule has 1 fully saturated rings. The normalized spacial score (nSPS) is 14.3. The quantitative estimate of drug-likeness (QED) is 0.408. The van der Waals surface area contributed by atoms with Gasteiger partial charge in [-0.2, -0.15) is 0 Å². The van der Waals surface area contributed by atoms with Crippen molar-refractivity contribution in [3.63, 3.8) is 0 Å². The van der Waals surface area contributed by atoms with E-state index in [0.29, 0.717) is 49.0 Å². The Morgan fingerprint density at radius 1 is 1.09 bits per heavy atom. The molecule has 3 aromatic heterocycles. The molecule has 1 saturated heterocycles. The Morgan fingerprint density at radius 3 is 2.63 bits per heavy atom. The van der Waals surface area contributed by atoms with Crippen LogP contribution in [-0.2, 0) is 20.3 Å². The number of methoxy groups -OCH3 is 1. The fourth-order valence-electron chi connectivity index (χ4n) is 4.13. The lowest BCUT2D eigenvalue weighted by Crippen LogP contribution is -2.41. The van der Waals surface area contributed by atoms with Gasteiger partial charge in [0.05, 0.1) is 37.2 Å². The van der Waals surface area contributed by atoms with Crippen molar-refractivity contribution < 1.29 is 22.7 Å². The van der Waals surface area contributed by atoms with Gasteiger partial charge >= 0.3 is 0 Å². The minimum atomic E-state index is -3.62. The third-order valence-electron chi connectivity index (χ3n) is 5.98. The average Bonchev–Trinajstić information content (AvgIpc) is 3.32. The average molecular weight is 493 g/mol. The maximum Gasteiger partial charge on any atom is 0.272 e. The van der Waals surface area contributed by atoms with E-state index in [9.17, 15) is 13.2 Å². The van der Waals surface area contributed by atoms with Crippen LogP contribution in [0.5, 0.6) is 5.75 Å². The number of aromatic nitrogens is 3. The second-order valence-electron chi connectivity index (χ2n) is 8.17. The Balaban J connectivity index is 1.50. The van der Waals surface area contributed by atoms with Crippen LogP contribution in [0, 0.1) is 0 Å². The first-order chi connectivity index (χ1) is 17.0. The fourth-order valence-corrected chi connectivity index (χ4v) is 5.44. The standard InChI is InChI=1S/C25H24N4O5S/c1-33-23-6-4-18(13-20(23)17-35(31,32)21-3-2-8-26-14-21)19-5-7-24-27-15-22(29(24)16-19)25(30)28-9-11-34-12-10-28/h2-8,13-16H,9-12,17H2,1H3. The molecule has 1 amide bonds. The van der Waals surface area contributed by atoms with Crippen molar-refractivity contribution in [3.05, 3.63) is 78.5 Å². The van der Waals surface area contributed by atoms with Gasteiger partial charge in [-0.1, -0.05) is 6.07 Å². The van der Waals surface area contributed by atoms with Gasteiger partial charge in [-0.05, 0) is 47.5 Å². The Kier molecular flexibility index (Phi) is 6.23. The largest absolute Gasteiger partial charge is 0.496 e. The summed E-state index contributed by atoms with van der Waals surface area (Å²) in [5.74, 6) is 0.146. The predicted molar refractivity (Wildman–Crippen MR) is 129 cm³/mol. The molecule has 0 unspecified atom stereocenters. The third-order valence-corrected chi connectivity index (χ3v) is 7.63. The zero-order valence-corrected chi connectivity index (χ0v) is 19.9.